The smallest absolute Gasteiger partial charge is 0.147 e. The number of benzene rings is 3. The molecule has 2 N–H and O–H groups in total. The molecule has 0 aliphatic carbocycles. The number of pyridine rings is 1. The molecule has 0 aliphatic rings. The number of aliphatic hydroxyl groups excluding tert-OH is 2. The Morgan fingerprint density at radius 3 is 2.62 bits per heavy atom. The van der Waals surface area contributed by atoms with Gasteiger partial charge in [0.05, 0.1) is 23.4 Å². The van der Waals surface area contributed by atoms with Crippen LogP contribution in [0.25, 0.3) is 23.1 Å². The zero-order valence-corrected chi connectivity index (χ0v) is 21.6. The second-order valence-corrected chi connectivity index (χ2v) is 9.34. The van der Waals surface area contributed by atoms with Crippen LogP contribution < -0.4 is 0 Å². The molecule has 0 amide bonds. The highest BCUT2D eigenvalue weighted by molar-refractivity contribution is 6.31. The number of ether oxygens (including phenoxy) is 2. The monoisotopic (exact) mass is 517 g/mol. The van der Waals surface area contributed by atoms with E-state index in [1.54, 1.807) is 7.11 Å². The highest BCUT2D eigenvalue weighted by atomic mass is 35.5. The van der Waals surface area contributed by atoms with Gasteiger partial charge in [0.2, 0.25) is 0 Å². The third-order valence-electron chi connectivity index (χ3n) is 6.29. The number of hydrogen-bond acceptors (Lipinski definition) is 5. The van der Waals surface area contributed by atoms with Gasteiger partial charge in [-0.3, -0.25) is 0 Å². The fourth-order valence-corrected chi connectivity index (χ4v) is 4.55. The van der Waals surface area contributed by atoms with Crippen molar-refractivity contribution < 1.29 is 19.7 Å². The molecule has 5 nitrogen and oxygen atoms in total. The Morgan fingerprint density at radius 1 is 0.946 bits per heavy atom. The quantitative estimate of drug-likeness (QED) is 0.203. The molecular weight excluding hydrogens is 486 g/mol. The normalized spacial score (nSPS) is 13.3. The van der Waals surface area contributed by atoms with E-state index in [4.69, 9.17) is 21.1 Å². The number of aliphatic hydroxyl groups is 2. The Bertz CT molecular complexity index is 1340. The number of methoxy groups -OCH3 is 1. The summed E-state index contributed by atoms with van der Waals surface area (Å²) in [5, 5.41) is 22.2. The van der Waals surface area contributed by atoms with Crippen molar-refractivity contribution in [1.29, 1.82) is 0 Å². The Morgan fingerprint density at radius 2 is 1.78 bits per heavy atom. The summed E-state index contributed by atoms with van der Waals surface area (Å²) < 4.78 is 10.9. The molecule has 1 heterocycles. The lowest BCUT2D eigenvalue weighted by molar-refractivity contribution is -0.0796. The standard InChI is InChI=1S/C31H32ClNO4/c1-36-21-37-31(17-18-34)28-8-3-2-6-23(28)12-16-30(35)25-7-4-5-22(19-25)9-14-27-15-11-24-10-13-26(32)20-29(24)33-27/h2-11,13-15,19-20,30-31,34-35H,12,16-18,21H2,1H3/b14-9+/t30-,31?/m0/s1. The number of aromatic nitrogens is 1. The molecule has 0 radical (unpaired) electrons. The van der Waals surface area contributed by atoms with Crippen LogP contribution in [0.4, 0.5) is 0 Å². The van der Waals surface area contributed by atoms with Gasteiger partial charge >= 0.3 is 0 Å². The highest BCUT2D eigenvalue weighted by Crippen LogP contribution is 2.28. The van der Waals surface area contributed by atoms with Crippen molar-refractivity contribution in [3.63, 3.8) is 0 Å². The fraction of sp³-hybridized carbons (Fsp3) is 0.258. The van der Waals surface area contributed by atoms with Gasteiger partial charge in [-0.25, -0.2) is 4.98 Å². The van der Waals surface area contributed by atoms with Crippen molar-refractivity contribution >= 4 is 34.7 Å². The van der Waals surface area contributed by atoms with Gasteiger partial charge in [0.25, 0.3) is 0 Å². The third-order valence-corrected chi connectivity index (χ3v) is 6.52. The third kappa shape index (κ3) is 7.48. The lowest BCUT2D eigenvalue weighted by Crippen LogP contribution is -2.11. The van der Waals surface area contributed by atoms with Crippen molar-refractivity contribution in [2.24, 2.45) is 0 Å². The Balaban J connectivity index is 1.44. The number of rotatable bonds is 12. The van der Waals surface area contributed by atoms with Gasteiger partial charge < -0.3 is 19.7 Å². The van der Waals surface area contributed by atoms with E-state index >= 15 is 0 Å². The average molecular weight is 518 g/mol. The molecule has 1 aromatic heterocycles. The number of halogens is 1. The first-order valence-electron chi connectivity index (χ1n) is 12.4. The van der Waals surface area contributed by atoms with Gasteiger partial charge in [-0.1, -0.05) is 72.3 Å². The lowest BCUT2D eigenvalue weighted by Gasteiger charge is -2.21. The predicted octanol–water partition coefficient (Wildman–Crippen LogP) is 6.77. The number of hydrogen-bond donors (Lipinski definition) is 2. The molecule has 1 unspecified atom stereocenters. The van der Waals surface area contributed by atoms with E-state index in [0.717, 1.165) is 38.9 Å². The fourth-order valence-electron chi connectivity index (χ4n) is 4.38. The Hall–Kier alpha value is -3.06. The van der Waals surface area contributed by atoms with Crippen molar-refractivity contribution in [2.75, 3.05) is 20.5 Å². The minimum atomic E-state index is -0.612. The first-order chi connectivity index (χ1) is 18.1. The SMILES string of the molecule is COCOC(CCO)c1ccccc1CC[C@H](O)c1cccc(/C=C/c2ccc3ccc(Cl)cc3n2)c1. The summed E-state index contributed by atoms with van der Waals surface area (Å²) >= 11 is 6.11. The summed E-state index contributed by atoms with van der Waals surface area (Å²) in [5.74, 6) is 0. The maximum absolute atomic E-state index is 11.0. The van der Waals surface area contributed by atoms with Crippen molar-refractivity contribution in [1.82, 2.24) is 4.98 Å². The molecule has 3 aromatic carbocycles. The summed E-state index contributed by atoms with van der Waals surface area (Å²) in [6.07, 6.45) is 4.81. The minimum absolute atomic E-state index is 0.0219. The van der Waals surface area contributed by atoms with Gasteiger partial charge in [0.1, 0.15) is 6.79 Å². The van der Waals surface area contributed by atoms with Gasteiger partial charge in [-0.15, -0.1) is 0 Å². The summed E-state index contributed by atoms with van der Waals surface area (Å²) in [6, 6.07) is 25.6. The summed E-state index contributed by atoms with van der Waals surface area (Å²) in [6.45, 7) is 0.179. The molecule has 2 atom stereocenters. The molecule has 4 aromatic rings. The van der Waals surface area contributed by atoms with E-state index < -0.39 is 6.10 Å². The first-order valence-corrected chi connectivity index (χ1v) is 12.8. The van der Waals surface area contributed by atoms with Crippen LogP contribution in [0.3, 0.4) is 0 Å². The Labute approximate surface area is 223 Å². The topological polar surface area (TPSA) is 71.8 Å². The van der Waals surface area contributed by atoms with E-state index in [9.17, 15) is 10.2 Å². The van der Waals surface area contributed by atoms with Crippen LogP contribution in [-0.4, -0.2) is 35.7 Å². The Kier molecular flexibility index (Phi) is 9.83. The molecule has 6 heteroatoms. The highest BCUT2D eigenvalue weighted by Gasteiger charge is 2.17. The second kappa shape index (κ2) is 13.5. The van der Waals surface area contributed by atoms with Crippen molar-refractivity contribution in [3.05, 3.63) is 112 Å². The van der Waals surface area contributed by atoms with Crippen LogP contribution >= 0.6 is 11.6 Å². The molecule has 37 heavy (non-hydrogen) atoms. The van der Waals surface area contributed by atoms with Gasteiger partial charge in [-0.05, 0) is 65.4 Å². The number of aryl methyl sites for hydroxylation is 1. The average Bonchev–Trinajstić information content (AvgIpc) is 2.93. The van der Waals surface area contributed by atoms with E-state index in [0.29, 0.717) is 24.3 Å². The molecule has 0 aliphatic heterocycles. The maximum Gasteiger partial charge on any atom is 0.147 e. The first kappa shape index (κ1) is 27.0. The zero-order chi connectivity index (χ0) is 26.0. The molecule has 0 spiro atoms. The van der Waals surface area contributed by atoms with Crippen LogP contribution in [0, 0.1) is 0 Å². The molecular formula is C31H32ClNO4. The van der Waals surface area contributed by atoms with E-state index in [1.807, 2.05) is 91.0 Å². The van der Waals surface area contributed by atoms with E-state index in [-0.39, 0.29) is 19.5 Å². The lowest BCUT2D eigenvalue weighted by atomic mass is 9.94. The van der Waals surface area contributed by atoms with Gasteiger partial charge in [0, 0.05) is 30.5 Å². The maximum atomic E-state index is 11.0. The number of fused-ring (bicyclic) bond motifs is 1. The van der Waals surface area contributed by atoms with Crippen LogP contribution in [0.2, 0.25) is 5.02 Å². The van der Waals surface area contributed by atoms with Crippen molar-refractivity contribution in [3.8, 4) is 0 Å². The van der Waals surface area contributed by atoms with Crippen LogP contribution in [-0.2, 0) is 15.9 Å². The molecule has 192 valence electrons. The number of nitrogens with zero attached hydrogens (tertiary/aromatic N) is 1. The van der Waals surface area contributed by atoms with Gasteiger partial charge in [0.15, 0.2) is 0 Å². The molecule has 0 fully saturated rings. The van der Waals surface area contributed by atoms with Crippen LogP contribution in [0.5, 0.6) is 0 Å². The molecule has 0 bridgehead atoms. The second-order valence-electron chi connectivity index (χ2n) is 8.90. The zero-order valence-electron chi connectivity index (χ0n) is 20.9. The van der Waals surface area contributed by atoms with Gasteiger partial charge in [-0.2, -0.15) is 0 Å². The molecule has 0 saturated carbocycles. The van der Waals surface area contributed by atoms with Crippen LogP contribution in [0.15, 0.2) is 78.9 Å². The molecule has 4 rings (SSSR count). The summed E-state index contributed by atoms with van der Waals surface area (Å²) in [5.41, 5.74) is 5.65. The van der Waals surface area contributed by atoms with Crippen molar-refractivity contribution in [2.45, 2.75) is 31.5 Å². The van der Waals surface area contributed by atoms with E-state index in [1.165, 1.54) is 0 Å². The largest absolute Gasteiger partial charge is 0.396 e. The summed E-state index contributed by atoms with van der Waals surface area (Å²) in [4.78, 5) is 4.67. The minimum Gasteiger partial charge on any atom is -0.396 e. The van der Waals surface area contributed by atoms with E-state index in [2.05, 4.69) is 4.98 Å². The predicted molar refractivity (Wildman–Crippen MR) is 149 cm³/mol. The van der Waals surface area contributed by atoms with Crippen LogP contribution in [0.1, 0.15) is 53.0 Å². The molecule has 0 saturated heterocycles. The summed E-state index contributed by atoms with van der Waals surface area (Å²) in [7, 11) is 1.58.